The smallest absolute Gasteiger partial charge is 0.0504 e. The maximum absolute atomic E-state index is 8.43. The summed E-state index contributed by atoms with van der Waals surface area (Å²) in [5.74, 6) is 0. The van der Waals surface area contributed by atoms with Gasteiger partial charge in [-0.05, 0) is 14.1 Å². The SMILES string of the molecule is CC(C)(CO)CO.CNC. The fourth-order valence-electron chi connectivity index (χ4n) is 0.0500. The first-order valence-corrected chi connectivity index (χ1v) is 3.34. The van der Waals surface area contributed by atoms with E-state index in [1.807, 2.05) is 14.1 Å². The van der Waals surface area contributed by atoms with Gasteiger partial charge in [-0.1, -0.05) is 13.8 Å². The summed E-state index contributed by atoms with van der Waals surface area (Å²) in [6.07, 6.45) is 0. The Bertz CT molecular complexity index is 58.6. The second kappa shape index (κ2) is 6.99. The first kappa shape index (κ1) is 12.5. The van der Waals surface area contributed by atoms with Crippen molar-refractivity contribution < 1.29 is 10.2 Å². The summed E-state index contributed by atoms with van der Waals surface area (Å²) in [5, 5.41) is 19.6. The Kier molecular flexibility index (Phi) is 8.77. The van der Waals surface area contributed by atoms with Crippen LogP contribution < -0.4 is 5.32 Å². The fraction of sp³-hybridized carbons (Fsp3) is 1.00. The second-order valence-electron chi connectivity index (χ2n) is 2.98. The van der Waals surface area contributed by atoms with Crippen LogP contribution in [0.15, 0.2) is 0 Å². The first-order valence-electron chi connectivity index (χ1n) is 3.34. The molecule has 0 aromatic rings. The zero-order valence-corrected chi connectivity index (χ0v) is 7.31. The number of aliphatic hydroxyl groups is 2. The lowest BCUT2D eigenvalue weighted by molar-refractivity contribution is 0.0857. The summed E-state index contributed by atoms with van der Waals surface area (Å²) in [5.41, 5.74) is -0.306. The molecule has 0 aromatic carbocycles. The number of hydrogen-bond acceptors (Lipinski definition) is 3. The van der Waals surface area contributed by atoms with Gasteiger partial charge in [0.15, 0.2) is 0 Å². The Hall–Kier alpha value is -0.120. The maximum Gasteiger partial charge on any atom is 0.0504 e. The Morgan fingerprint density at radius 2 is 1.30 bits per heavy atom. The van der Waals surface area contributed by atoms with Gasteiger partial charge in [0.1, 0.15) is 0 Å². The van der Waals surface area contributed by atoms with E-state index < -0.39 is 0 Å². The molecule has 0 aliphatic rings. The highest BCUT2D eigenvalue weighted by molar-refractivity contribution is 4.62. The van der Waals surface area contributed by atoms with E-state index in [1.54, 1.807) is 13.8 Å². The third-order valence-corrected chi connectivity index (χ3v) is 0.856. The molecule has 0 unspecified atom stereocenters. The zero-order chi connectivity index (χ0) is 8.62. The average molecular weight is 149 g/mol. The van der Waals surface area contributed by atoms with Crippen molar-refractivity contribution in [1.29, 1.82) is 0 Å². The van der Waals surface area contributed by atoms with Gasteiger partial charge in [-0.25, -0.2) is 0 Å². The topological polar surface area (TPSA) is 52.5 Å². The van der Waals surface area contributed by atoms with Crippen LogP contribution in [0.2, 0.25) is 0 Å². The monoisotopic (exact) mass is 149 g/mol. The van der Waals surface area contributed by atoms with Crippen molar-refractivity contribution in [3.05, 3.63) is 0 Å². The van der Waals surface area contributed by atoms with Crippen LogP contribution in [-0.4, -0.2) is 37.5 Å². The lowest BCUT2D eigenvalue weighted by atomic mass is 9.97. The Labute approximate surface area is 63.1 Å². The minimum atomic E-state index is -0.306. The van der Waals surface area contributed by atoms with E-state index in [9.17, 15) is 0 Å². The van der Waals surface area contributed by atoms with Crippen LogP contribution in [0.1, 0.15) is 13.8 Å². The summed E-state index contributed by atoms with van der Waals surface area (Å²) < 4.78 is 0. The van der Waals surface area contributed by atoms with Crippen molar-refractivity contribution in [3.8, 4) is 0 Å². The van der Waals surface area contributed by atoms with E-state index in [0.717, 1.165) is 0 Å². The average Bonchev–Trinajstić information content (AvgIpc) is 1.90. The Morgan fingerprint density at radius 3 is 1.30 bits per heavy atom. The highest BCUT2D eigenvalue weighted by Gasteiger charge is 2.13. The number of aliphatic hydroxyl groups excluding tert-OH is 2. The van der Waals surface area contributed by atoms with Gasteiger partial charge in [-0.2, -0.15) is 0 Å². The molecule has 0 aliphatic heterocycles. The summed E-state index contributed by atoms with van der Waals surface area (Å²) >= 11 is 0. The molecule has 0 radical (unpaired) electrons. The van der Waals surface area contributed by atoms with Gasteiger partial charge in [0.2, 0.25) is 0 Å². The van der Waals surface area contributed by atoms with E-state index >= 15 is 0 Å². The zero-order valence-electron chi connectivity index (χ0n) is 7.31. The van der Waals surface area contributed by atoms with E-state index in [1.165, 1.54) is 0 Å². The minimum Gasteiger partial charge on any atom is -0.396 e. The molecule has 0 saturated heterocycles. The summed E-state index contributed by atoms with van der Waals surface area (Å²) in [4.78, 5) is 0. The minimum absolute atomic E-state index is 0.0451. The predicted molar refractivity (Wildman–Crippen MR) is 42.9 cm³/mol. The highest BCUT2D eigenvalue weighted by atomic mass is 16.3. The Morgan fingerprint density at radius 1 is 1.10 bits per heavy atom. The number of rotatable bonds is 2. The molecule has 3 nitrogen and oxygen atoms in total. The number of nitrogens with one attached hydrogen (secondary N) is 1. The lowest BCUT2D eigenvalue weighted by Gasteiger charge is -2.16. The third kappa shape index (κ3) is 10.8. The van der Waals surface area contributed by atoms with E-state index in [4.69, 9.17) is 10.2 Å². The molecule has 64 valence electrons. The number of hydrogen-bond donors (Lipinski definition) is 3. The van der Waals surface area contributed by atoms with Gasteiger partial charge in [-0.3, -0.25) is 0 Å². The maximum atomic E-state index is 8.43. The highest BCUT2D eigenvalue weighted by Crippen LogP contribution is 2.10. The molecule has 0 aromatic heterocycles. The third-order valence-electron chi connectivity index (χ3n) is 0.856. The van der Waals surface area contributed by atoms with Crippen LogP contribution in [-0.2, 0) is 0 Å². The van der Waals surface area contributed by atoms with Crippen LogP contribution in [0.4, 0.5) is 0 Å². The standard InChI is InChI=1S/C5H12O2.C2H7N/c1-5(2,3-6)4-7;1-3-2/h6-7H,3-4H2,1-2H3;3H,1-2H3. The molecular weight excluding hydrogens is 130 g/mol. The summed E-state index contributed by atoms with van der Waals surface area (Å²) in [6.45, 7) is 3.69. The van der Waals surface area contributed by atoms with E-state index in [0.29, 0.717) is 0 Å². The molecule has 0 amide bonds. The molecule has 0 bridgehead atoms. The summed E-state index contributed by atoms with van der Waals surface area (Å²) in [7, 11) is 3.75. The molecule has 0 rings (SSSR count). The lowest BCUT2D eigenvalue weighted by Crippen LogP contribution is -2.20. The molecule has 0 spiro atoms. The predicted octanol–water partition coefficient (Wildman–Crippen LogP) is -0.167. The van der Waals surface area contributed by atoms with E-state index in [-0.39, 0.29) is 18.6 Å². The second-order valence-corrected chi connectivity index (χ2v) is 2.98. The quantitative estimate of drug-likeness (QED) is 0.511. The van der Waals surface area contributed by atoms with Gasteiger partial charge in [-0.15, -0.1) is 0 Å². The van der Waals surface area contributed by atoms with Crippen LogP contribution in [0.5, 0.6) is 0 Å². The van der Waals surface area contributed by atoms with Crippen LogP contribution in [0.3, 0.4) is 0 Å². The van der Waals surface area contributed by atoms with Crippen molar-refractivity contribution >= 4 is 0 Å². The molecule has 0 saturated carbocycles. The molecule has 3 heteroatoms. The van der Waals surface area contributed by atoms with Crippen LogP contribution in [0, 0.1) is 5.41 Å². The summed E-state index contributed by atoms with van der Waals surface area (Å²) in [6, 6.07) is 0. The van der Waals surface area contributed by atoms with E-state index in [2.05, 4.69) is 5.32 Å². The Balaban J connectivity index is 0. The first-order chi connectivity index (χ1) is 4.54. The van der Waals surface area contributed by atoms with Crippen molar-refractivity contribution in [2.45, 2.75) is 13.8 Å². The molecule has 0 fully saturated rings. The molecule has 0 aliphatic carbocycles. The van der Waals surface area contributed by atoms with Gasteiger partial charge in [0, 0.05) is 5.41 Å². The molecular formula is C7H19NO2. The largest absolute Gasteiger partial charge is 0.396 e. The van der Waals surface area contributed by atoms with Gasteiger partial charge in [0.25, 0.3) is 0 Å². The van der Waals surface area contributed by atoms with Crippen molar-refractivity contribution in [3.63, 3.8) is 0 Å². The van der Waals surface area contributed by atoms with Crippen LogP contribution >= 0.6 is 0 Å². The van der Waals surface area contributed by atoms with Gasteiger partial charge in [0.05, 0.1) is 13.2 Å². The van der Waals surface area contributed by atoms with Crippen molar-refractivity contribution in [2.75, 3.05) is 27.3 Å². The fourth-order valence-corrected chi connectivity index (χ4v) is 0.0500. The van der Waals surface area contributed by atoms with Gasteiger partial charge < -0.3 is 15.5 Å². The molecule has 3 N–H and O–H groups in total. The molecule has 0 atom stereocenters. The normalized spacial score (nSPS) is 10.2. The van der Waals surface area contributed by atoms with Gasteiger partial charge >= 0.3 is 0 Å². The van der Waals surface area contributed by atoms with Crippen LogP contribution in [0.25, 0.3) is 0 Å². The molecule has 0 heterocycles. The van der Waals surface area contributed by atoms with Crippen molar-refractivity contribution in [1.82, 2.24) is 5.32 Å². The van der Waals surface area contributed by atoms with Crippen molar-refractivity contribution in [2.24, 2.45) is 5.41 Å². The molecule has 10 heavy (non-hydrogen) atoms.